The van der Waals surface area contributed by atoms with Crippen LogP contribution >= 0.6 is 11.8 Å². The van der Waals surface area contributed by atoms with E-state index in [0.717, 1.165) is 5.69 Å². The molecule has 1 aliphatic carbocycles. The first kappa shape index (κ1) is 16.5. The molecule has 1 heterocycles. The molecule has 2 N–H and O–H groups in total. The largest absolute Gasteiger partial charge is 0.481 e. The fourth-order valence-electron chi connectivity index (χ4n) is 2.54. The Balaban J connectivity index is 1.52. The molecule has 0 atom stereocenters. The molecule has 0 spiro atoms. The zero-order valence-corrected chi connectivity index (χ0v) is 14.0. The Hall–Kier alpha value is -2.35. The Morgan fingerprint density at radius 2 is 2.04 bits per heavy atom. The summed E-state index contributed by atoms with van der Waals surface area (Å²) in [6.45, 7) is 2.02. The van der Waals surface area contributed by atoms with E-state index in [-0.39, 0.29) is 23.6 Å². The van der Waals surface area contributed by atoms with Crippen LogP contribution in [0.25, 0.3) is 5.69 Å². The summed E-state index contributed by atoms with van der Waals surface area (Å²) in [6.07, 6.45) is 2.63. The van der Waals surface area contributed by atoms with Gasteiger partial charge in [0.05, 0.1) is 11.7 Å². The van der Waals surface area contributed by atoms with Gasteiger partial charge in [-0.2, -0.15) is 0 Å². The predicted octanol–water partition coefficient (Wildman–Crippen LogP) is 1.65. The Labute approximate surface area is 143 Å². The number of carboxylic acid groups (broad SMARTS) is 1. The van der Waals surface area contributed by atoms with Crippen molar-refractivity contribution in [3.8, 4) is 5.69 Å². The van der Waals surface area contributed by atoms with Crippen molar-refractivity contribution in [3.05, 3.63) is 36.2 Å². The third-order valence-electron chi connectivity index (χ3n) is 4.01. The number of nitrogens with zero attached hydrogens (tertiary/aromatic N) is 3. The van der Waals surface area contributed by atoms with Crippen LogP contribution in [0.3, 0.4) is 0 Å². The van der Waals surface area contributed by atoms with Crippen molar-refractivity contribution in [1.82, 2.24) is 20.1 Å². The molecular weight excluding hydrogens is 328 g/mol. The van der Waals surface area contributed by atoms with Crippen LogP contribution in [0, 0.1) is 12.8 Å². The number of aromatic nitrogens is 3. The van der Waals surface area contributed by atoms with Gasteiger partial charge in [-0.1, -0.05) is 29.5 Å². The van der Waals surface area contributed by atoms with Crippen molar-refractivity contribution in [2.24, 2.45) is 5.92 Å². The summed E-state index contributed by atoms with van der Waals surface area (Å²) >= 11 is 1.31. The number of hydrogen-bond acceptors (Lipinski definition) is 5. The van der Waals surface area contributed by atoms with Crippen molar-refractivity contribution in [2.45, 2.75) is 31.0 Å². The van der Waals surface area contributed by atoms with Crippen LogP contribution in [0.15, 0.2) is 35.7 Å². The van der Waals surface area contributed by atoms with Crippen LogP contribution in [-0.4, -0.2) is 43.5 Å². The molecule has 1 aliphatic rings. The quantitative estimate of drug-likeness (QED) is 0.772. The van der Waals surface area contributed by atoms with E-state index >= 15 is 0 Å². The molecule has 2 aromatic rings. The molecule has 1 saturated carbocycles. The first-order valence-electron chi connectivity index (χ1n) is 7.65. The molecular formula is C16H18N4O3S. The van der Waals surface area contributed by atoms with Gasteiger partial charge in [-0.05, 0) is 31.9 Å². The van der Waals surface area contributed by atoms with Crippen molar-refractivity contribution in [2.75, 3.05) is 5.75 Å². The van der Waals surface area contributed by atoms with Crippen molar-refractivity contribution >= 4 is 23.6 Å². The van der Waals surface area contributed by atoms with Gasteiger partial charge in [0.15, 0.2) is 5.16 Å². The molecule has 8 heteroatoms. The van der Waals surface area contributed by atoms with Crippen LogP contribution in [-0.2, 0) is 9.59 Å². The minimum atomic E-state index is -0.791. The Kier molecular flexibility index (Phi) is 4.84. The minimum absolute atomic E-state index is 0.0332. The van der Waals surface area contributed by atoms with Crippen molar-refractivity contribution < 1.29 is 14.7 Å². The van der Waals surface area contributed by atoms with E-state index < -0.39 is 5.97 Å². The van der Waals surface area contributed by atoms with Crippen molar-refractivity contribution in [3.63, 3.8) is 0 Å². The number of aryl methyl sites for hydroxylation is 1. The molecule has 126 valence electrons. The third-order valence-corrected chi connectivity index (χ3v) is 4.96. The molecule has 1 aromatic carbocycles. The van der Waals surface area contributed by atoms with Crippen LogP contribution in [0.2, 0.25) is 0 Å². The summed E-state index contributed by atoms with van der Waals surface area (Å²) in [4.78, 5) is 22.7. The average Bonchev–Trinajstić information content (AvgIpc) is 2.97. The summed E-state index contributed by atoms with van der Waals surface area (Å²) in [5.41, 5.74) is 2.11. The second-order valence-corrected chi connectivity index (χ2v) is 6.82. The number of nitrogens with one attached hydrogen (secondary N) is 1. The fourth-order valence-corrected chi connectivity index (χ4v) is 3.28. The van der Waals surface area contributed by atoms with Crippen LogP contribution in [0.1, 0.15) is 18.4 Å². The van der Waals surface area contributed by atoms with Crippen LogP contribution in [0.5, 0.6) is 0 Å². The SMILES string of the molecule is Cc1ccc(-n2cnnc2SCC(=O)NC2CC(C(=O)O)C2)cc1. The highest BCUT2D eigenvalue weighted by Gasteiger charge is 2.35. The molecule has 0 bridgehead atoms. The van der Waals surface area contributed by atoms with Gasteiger partial charge >= 0.3 is 5.97 Å². The number of aliphatic carboxylic acids is 1. The summed E-state index contributed by atoms with van der Waals surface area (Å²) in [5.74, 6) is -1.01. The van der Waals surface area contributed by atoms with E-state index in [0.29, 0.717) is 18.0 Å². The minimum Gasteiger partial charge on any atom is -0.481 e. The topological polar surface area (TPSA) is 97.1 Å². The van der Waals surface area contributed by atoms with Gasteiger partial charge in [-0.15, -0.1) is 10.2 Å². The Morgan fingerprint density at radius 3 is 2.71 bits per heavy atom. The zero-order valence-electron chi connectivity index (χ0n) is 13.2. The molecule has 0 radical (unpaired) electrons. The van der Waals surface area contributed by atoms with E-state index in [4.69, 9.17) is 5.11 Å². The average molecular weight is 346 g/mol. The van der Waals surface area contributed by atoms with Gasteiger partial charge in [-0.3, -0.25) is 14.2 Å². The van der Waals surface area contributed by atoms with Gasteiger partial charge in [0.1, 0.15) is 6.33 Å². The first-order chi connectivity index (χ1) is 11.5. The Morgan fingerprint density at radius 1 is 1.33 bits per heavy atom. The lowest BCUT2D eigenvalue weighted by Gasteiger charge is -2.32. The molecule has 3 rings (SSSR count). The van der Waals surface area contributed by atoms with E-state index in [1.54, 1.807) is 6.33 Å². The maximum atomic E-state index is 12.0. The number of thioether (sulfide) groups is 1. The lowest BCUT2D eigenvalue weighted by molar-refractivity contribution is -0.146. The molecule has 24 heavy (non-hydrogen) atoms. The van der Waals surface area contributed by atoms with Crippen LogP contribution < -0.4 is 5.32 Å². The van der Waals surface area contributed by atoms with Crippen LogP contribution in [0.4, 0.5) is 0 Å². The molecule has 0 saturated heterocycles. The summed E-state index contributed by atoms with van der Waals surface area (Å²) in [7, 11) is 0. The monoisotopic (exact) mass is 346 g/mol. The van der Waals surface area contributed by atoms with Gasteiger partial charge in [0.2, 0.25) is 5.91 Å². The number of carbonyl (C=O) groups is 2. The number of carboxylic acids is 1. The zero-order chi connectivity index (χ0) is 17.1. The summed E-state index contributed by atoms with van der Waals surface area (Å²) in [5, 5.41) is 20.3. The highest BCUT2D eigenvalue weighted by Crippen LogP contribution is 2.27. The maximum absolute atomic E-state index is 12.0. The molecule has 1 aromatic heterocycles. The highest BCUT2D eigenvalue weighted by atomic mass is 32.2. The summed E-state index contributed by atoms with van der Waals surface area (Å²) < 4.78 is 1.83. The van der Waals surface area contributed by atoms with Gasteiger partial charge in [-0.25, -0.2) is 0 Å². The molecule has 0 unspecified atom stereocenters. The number of hydrogen-bond donors (Lipinski definition) is 2. The number of amides is 1. The van der Waals surface area contributed by atoms with Gasteiger partial charge in [0.25, 0.3) is 0 Å². The van der Waals surface area contributed by atoms with Crippen molar-refractivity contribution in [1.29, 1.82) is 0 Å². The number of benzene rings is 1. The van der Waals surface area contributed by atoms with E-state index in [2.05, 4.69) is 15.5 Å². The lowest BCUT2D eigenvalue weighted by atomic mass is 9.80. The molecule has 7 nitrogen and oxygen atoms in total. The molecule has 1 fully saturated rings. The van der Waals surface area contributed by atoms with E-state index in [1.807, 2.05) is 35.8 Å². The van der Waals surface area contributed by atoms with Gasteiger partial charge < -0.3 is 10.4 Å². The second-order valence-electron chi connectivity index (χ2n) is 5.88. The second kappa shape index (κ2) is 7.04. The number of rotatable bonds is 6. The van der Waals surface area contributed by atoms with Gasteiger partial charge in [0, 0.05) is 11.7 Å². The fraction of sp³-hybridized carbons (Fsp3) is 0.375. The van der Waals surface area contributed by atoms with E-state index in [9.17, 15) is 9.59 Å². The molecule has 1 amide bonds. The first-order valence-corrected chi connectivity index (χ1v) is 8.63. The summed E-state index contributed by atoms with van der Waals surface area (Å²) in [6, 6.07) is 7.93. The maximum Gasteiger partial charge on any atom is 0.306 e. The normalized spacial score (nSPS) is 19.5. The molecule has 0 aliphatic heterocycles. The third kappa shape index (κ3) is 3.76. The predicted molar refractivity (Wildman–Crippen MR) is 89.1 cm³/mol. The number of carbonyl (C=O) groups excluding carboxylic acids is 1. The standard InChI is InChI=1S/C16H18N4O3S/c1-10-2-4-13(5-3-10)20-9-17-19-16(20)24-8-14(21)18-12-6-11(7-12)15(22)23/h2-5,9,11-12H,6-8H2,1H3,(H,18,21)(H,22,23). The Bertz CT molecular complexity index is 738. The highest BCUT2D eigenvalue weighted by molar-refractivity contribution is 7.99. The van der Waals surface area contributed by atoms with E-state index in [1.165, 1.54) is 17.3 Å². The lowest BCUT2D eigenvalue weighted by Crippen LogP contribution is -2.47. The smallest absolute Gasteiger partial charge is 0.306 e.